The van der Waals surface area contributed by atoms with Crippen molar-refractivity contribution in [3.05, 3.63) is 15.8 Å². The van der Waals surface area contributed by atoms with E-state index in [0.29, 0.717) is 37.2 Å². The summed E-state index contributed by atoms with van der Waals surface area (Å²) in [7, 11) is 1.72. The lowest BCUT2D eigenvalue weighted by atomic mass is 9.98. The molecule has 0 atom stereocenters. The Morgan fingerprint density at radius 3 is 2.76 bits per heavy atom. The van der Waals surface area contributed by atoms with Gasteiger partial charge < -0.3 is 10.1 Å². The molecule has 1 N–H and O–H groups in total. The first kappa shape index (κ1) is 15.8. The van der Waals surface area contributed by atoms with E-state index < -0.39 is 0 Å². The molecule has 2 rings (SSSR count). The van der Waals surface area contributed by atoms with Gasteiger partial charge in [-0.15, -0.1) is 0 Å². The molecule has 0 amide bonds. The van der Waals surface area contributed by atoms with E-state index in [4.69, 9.17) is 4.74 Å². The SMILES string of the molecule is CCc1nn(C)c(NCCOC2CCCCC2)c1[N+](=O)[O-]. The highest BCUT2D eigenvalue weighted by Crippen LogP contribution is 2.28. The number of hydrogen-bond donors (Lipinski definition) is 1. The van der Waals surface area contributed by atoms with Crippen LogP contribution in [0.25, 0.3) is 0 Å². The zero-order valence-corrected chi connectivity index (χ0v) is 12.8. The summed E-state index contributed by atoms with van der Waals surface area (Å²) in [5, 5.41) is 18.5. The number of anilines is 1. The van der Waals surface area contributed by atoms with Crippen LogP contribution in [0, 0.1) is 10.1 Å². The molecule has 7 nitrogen and oxygen atoms in total. The van der Waals surface area contributed by atoms with Crippen LogP contribution in [0.15, 0.2) is 0 Å². The molecule has 0 spiro atoms. The van der Waals surface area contributed by atoms with Gasteiger partial charge in [0.25, 0.3) is 0 Å². The van der Waals surface area contributed by atoms with Crippen molar-refractivity contribution in [2.75, 3.05) is 18.5 Å². The first-order valence-corrected chi connectivity index (χ1v) is 7.69. The smallest absolute Gasteiger partial charge is 0.333 e. The molecule has 0 bridgehead atoms. The monoisotopic (exact) mass is 296 g/mol. The Balaban J connectivity index is 1.87. The second kappa shape index (κ2) is 7.40. The Hall–Kier alpha value is -1.63. The summed E-state index contributed by atoms with van der Waals surface area (Å²) >= 11 is 0. The van der Waals surface area contributed by atoms with Crippen LogP contribution in [-0.2, 0) is 18.2 Å². The van der Waals surface area contributed by atoms with E-state index in [2.05, 4.69) is 10.4 Å². The second-order valence-corrected chi connectivity index (χ2v) is 5.44. The Kier molecular flexibility index (Phi) is 5.55. The largest absolute Gasteiger partial charge is 0.376 e. The van der Waals surface area contributed by atoms with Crippen LogP contribution in [-0.4, -0.2) is 34.0 Å². The number of nitrogens with zero attached hydrogens (tertiary/aromatic N) is 3. The molecule has 118 valence electrons. The number of aromatic nitrogens is 2. The number of nitro groups is 1. The molecule has 21 heavy (non-hydrogen) atoms. The van der Waals surface area contributed by atoms with E-state index in [1.807, 2.05) is 6.92 Å². The highest BCUT2D eigenvalue weighted by molar-refractivity contribution is 5.59. The minimum Gasteiger partial charge on any atom is -0.376 e. The first-order chi connectivity index (χ1) is 10.1. The zero-order valence-electron chi connectivity index (χ0n) is 12.8. The predicted molar refractivity (Wildman–Crippen MR) is 80.6 cm³/mol. The van der Waals surface area contributed by atoms with Crippen LogP contribution in [0.2, 0.25) is 0 Å². The molecule has 1 aromatic rings. The van der Waals surface area contributed by atoms with Crippen molar-refractivity contribution in [2.24, 2.45) is 7.05 Å². The normalized spacial score (nSPS) is 16.1. The topological polar surface area (TPSA) is 82.2 Å². The van der Waals surface area contributed by atoms with Gasteiger partial charge in [0.15, 0.2) is 0 Å². The maximum Gasteiger partial charge on any atom is 0.333 e. The summed E-state index contributed by atoms with van der Waals surface area (Å²) in [6, 6.07) is 0. The minimum absolute atomic E-state index is 0.0812. The van der Waals surface area contributed by atoms with Crippen LogP contribution in [0.4, 0.5) is 11.5 Å². The molecule has 1 aliphatic rings. The lowest BCUT2D eigenvalue weighted by molar-refractivity contribution is -0.384. The third-order valence-electron chi connectivity index (χ3n) is 3.91. The fraction of sp³-hybridized carbons (Fsp3) is 0.786. The number of rotatable bonds is 7. The molecule has 7 heteroatoms. The fourth-order valence-electron chi connectivity index (χ4n) is 2.82. The second-order valence-electron chi connectivity index (χ2n) is 5.44. The lowest BCUT2D eigenvalue weighted by Crippen LogP contribution is -2.21. The number of nitrogens with one attached hydrogen (secondary N) is 1. The highest BCUT2D eigenvalue weighted by atomic mass is 16.6. The van der Waals surface area contributed by atoms with Gasteiger partial charge >= 0.3 is 5.69 Å². The van der Waals surface area contributed by atoms with Gasteiger partial charge in [0.1, 0.15) is 5.69 Å². The van der Waals surface area contributed by atoms with Gasteiger partial charge in [-0.1, -0.05) is 26.2 Å². The molecular weight excluding hydrogens is 272 g/mol. The Morgan fingerprint density at radius 2 is 2.14 bits per heavy atom. The average molecular weight is 296 g/mol. The highest BCUT2D eigenvalue weighted by Gasteiger charge is 2.25. The van der Waals surface area contributed by atoms with Crippen molar-refractivity contribution in [3.8, 4) is 0 Å². The summed E-state index contributed by atoms with van der Waals surface area (Å²) in [6.45, 7) is 2.99. The molecule has 1 aliphatic carbocycles. The number of hydrogen-bond acceptors (Lipinski definition) is 5. The van der Waals surface area contributed by atoms with Gasteiger partial charge in [-0.25, -0.2) is 4.68 Å². The molecule has 1 aromatic heterocycles. The van der Waals surface area contributed by atoms with Crippen LogP contribution in [0.3, 0.4) is 0 Å². The van der Waals surface area contributed by atoms with Gasteiger partial charge in [0.05, 0.1) is 17.6 Å². The molecule has 0 unspecified atom stereocenters. The molecule has 1 heterocycles. The quantitative estimate of drug-likeness (QED) is 0.475. The molecule has 1 fully saturated rings. The Bertz CT molecular complexity index is 481. The third kappa shape index (κ3) is 3.93. The molecule has 0 aliphatic heterocycles. The predicted octanol–water partition coefficient (Wildman–Crippen LogP) is 2.65. The van der Waals surface area contributed by atoms with Crippen molar-refractivity contribution in [1.82, 2.24) is 9.78 Å². The Morgan fingerprint density at radius 1 is 1.43 bits per heavy atom. The van der Waals surface area contributed by atoms with Gasteiger partial charge in [-0.3, -0.25) is 10.1 Å². The van der Waals surface area contributed by atoms with Crippen LogP contribution in [0.1, 0.15) is 44.7 Å². The molecule has 1 saturated carbocycles. The van der Waals surface area contributed by atoms with E-state index >= 15 is 0 Å². The van der Waals surface area contributed by atoms with Crippen molar-refractivity contribution in [2.45, 2.75) is 51.6 Å². The molecule has 0 aromatic carbocycles. The maximum atomic E-state index is 11.2. The summed E-state index contributed by atoms with van der Waals surface area (Å²) in [6.07, 6.45) is 6.95. The van der Waals surface area contributed by atoms with Crippen LogP contribution >= 0.6 is 0 Å². The standard InChI is InChI=1S/C14H24N4O3/c1-3-12-13(18(19)20)14(17(2)16-12)15-9-10-21-11-7-5-4-6-8-11/h11,15H,3-10H2,1-2H3. The summed E-state index contributed by atoms with van der Waals surface area (Å²) < 4.78 is 7.36. The zero-order chi connectivity index (χ0) is 15.2. The maximum absolute atomic E-state index is 11.2. The van der Waals surface area contributed by atoms with Crippen molar-refractivity contribution >= 4 is 11.5 Å². The van der Waals surface area contributed by atoms with Crippen LogP contribution in [0.5, 0.6) is 0 Å². The minimum atomic E-state index is -0.365. The van der Waals surface area contributed by atoms with Gasteiger partial charge in [0, 0.05) is 13.6 Å². The van der Waals surface area contributed by atoms with Gasteiger partial charge in [-0.05, 0) is 19.3 Å². The van der Waals surface area contributed by atoms with E-state index in [-0.39, 0.29) is 10.6 Å². The molecular formula is C14H24N4O3. The number of aryl methyl sites for hydroxylation is 2. The van der Waals surface area contributed by atoms with E-state index in [0.717, 1.165) is 12.8 Å². The van der Waals surface area contributed by atoms with E-state index in [1.165, 1.54) is 23.9 Å². The number of ether oxygens (including phenoxy) is 1. The Labute approximate surface area is 124 Å². The lowest BCUT2D eigenvalue weighted by Gasteiger charge is -2.22. The van der Waals surface area contributed by atoms with E-state index in [9.17, 15) is 10.1 Å². The fourth-order valence-corrected chi connectivity index (χ4v) is 2.82. The summed E-state index contributed by atoms with van der Waals surface area (Å²) in [5.41, 5.74) is 0.593. The van der Waals surface area contributed by atoms with Gasteiger partial charge in [-0.2, -0.15) is 5.10 Å². The molecule has 0 saturated heterocycles. The summed E-state index contributed by atoms with van der Waals surface area (Å²) in [5.74, 6) is 0.462. The van der Waals surface area contributed by atoms with Crippen LogP contribution < -0.4 is 5.32 Å². The van der Waals surface area contributed by atoms with Crippen molar-refractivity contribution in [1.29, 1.82) is 0 Å². The average Bonchev–Trinajstić information content (AvgIpc) is 2.81. The molecule has 0 radical (unpaired) electrons. The first-order valence-electron chi connectivity index (χ1n) is 7.69. The third-order valence-corrected chi connectivity index (χ3v) is 3.91. The van der Waals surface area contributed by atoms with Gasteiger partial charge in [0.2, 0.25) is 5.82 Å². The van der Waals surface area contributed by atoms with Crippen molar-refractivity contribution in [3.63, 3.8) is 0 Å². The van der Waals surface area contributed by atoms with E-state index in [1.54, 1.807) is 7.05 Å². The van der Waals surface area contributed by atoms with Crippen molar-refractivity contribution < 1.29 is 9.66 Å². The summed E-state index contributed by atoms with van der Waals surface area (Å²) in [4.78, 5) is 10.8.